The average molecular weight is 280 g/mol. The van der Waals surface area contributed by atoms with E-state index in [2.05, 4.69) is 4.98 Å². The second-order valence-corrected chi connectivity index (χ2v) is 5.09. The van der Waals surface area contributed by atoms with Crippen LogP contribution in [0.4, 0.5) is 0 Å². The monoisotopic (exact) mass is 280 g/mol. The molecule has 4 heteroatoms. The van der Waals surface area contributed by atoms with E-state index >= 15 is 0 Å². The smallest absolute Gasteiger partial charge is 0.304 e. The molecule has 1 heterocycles. The molecule has 1 aromatic heterocycles. The van der Waals surface area contributed by atoms with E-state index in [0.29, 0.717) is 6.54 Å². The molecule has 4 nitrogen and oxygen atoms in total. The molecule has 2 aromatic carbocycles. The number of imidazole rings is 1. The van der Waals surface area contributed by atoms with Crippen molar-refractivity contribution in [2.75, 3.05) is 0 Å². The topological polar surface area (TPSA) is 55.1 Å². The van der Waals surface area contributed by atoms with Crippen LogP contribution < -0.4 is 0 Å². The van der Waals surface area contributed by atoms with E-state index < -0.39 is 5.97 Å². The zero-order valence-electron chi connectivity index (χ0n) is 11.5. The molecule has 0 radical (unpaired) electrons. The summed E-state index contributed by atoms with van der Waals surface area (Å²) in [5, 5.41) is 9.16. The number of para-hydroxylation sites is 2. The van der Waals surface area contributed by atoms with Crippen molar-refractivity contribution in [2.45, 2.75) is 18.9 Å². The van der Waals surface area contributed by atoms with Crippen LogP contribution in [0.25, 0.3) is 11.0 Å². The van der Waals surface area contributed by atoms with Gasteiger partial charge in [-0.05, 0) is 17.7 Å². The number of aromatic nitrogens is 2. The Bertz CT molecular complexity index is 750. The molecule has 0 spiro atoms. The Balaban J connectivity index is 1.93. The summed E-state index contributed by atoms with van der Waals surface area (Å²) in [6.07, 6.45) is 1.89. The number of carboxylic acid groups (broad SMARTS) is 1. The highest BCUT2D eigenvalue weighted by Crippen LogP contribution is 2.24. The molecular formula is C17H16N2O2. The molecule has 0 saturated carbocycles. The highest BCUT2D eigenvalue weighted by molar-refractivity contribution is 5.75. The van der Waals surface area contributed by atoms with Crippen LogP contribution in [0, 0.1) is 0 Å². The maximum absolute atomic E-state index is 11.2. The van der Waals surface area contributed by atoms with E-state index in [0.717, 1.165) is 16.6 Å². The number of fused-ring (bicyclic) bond motifs is 1. The van der Waals surface area contributed by atoms with Gasteiger partial charge in [0.25, 0.3) is 0 Å². The molecule has 0 bridgehead atoms. The van der Waals surface area contributed by atoms with Gasteiger partial charge in [0.05, 0.1) is 23.8 Å². The van der Waals surface area contributed by atoms with Crippen LogP contribution in [-0.2, 0) is 11.3 Å². The zero-order chi connectivity index (χ0) is 14.7. The van der Waals surface area contributed by atoms with Crippen LogP contribution in [0.15, 0.2) is 60.9 Å². The molecule has 1 atom stereocenters. The molecular weight excluding hydrogens is 264 g/mol. The maximum atomic E-state index is 11.2. The van der Waals surface area contributed by atoms with Crippen LogP contribution in [0.2, 0.25) is 0 Å². The SMILES string of the molecule is O=C(O)CC(Cn1cnc2ccccc21)c1ccccc1. The first-order valence-corrected chi connectivity index (χ1v) is 6.90. The lowest BCUT2D eigenvalue weighted by Gasteiger charge is -2.16. The van der Waals surface area contributed by atoms with Gasteiger partial charge in [-0.3, -0.25) is 4.79 Å². The van der Waals surface area contributed by atoms with Gasteiger partial charge in [-0.15, -0.1) is 0 Å². The van der Waals surface area contributed by atoms with E-state index in [-0.39, 0.29) is 12.3 Å². The van der Waals surface area contributed by atoms with Crippen molar-refractivity contribution in [1.29, 1.82) is 0 Å². The summed E-state index contributed by atoms with van der Waals surface area (Å²) in [5.41, 5.74) is 3.00. The van der Waals surface area contributed by atoms with Crippen LogP contribution in [0.3, 0.4) is 0 Å². The number of benzene rings is 2. The quantitative estimate of drug-likeness (QED) is 0.780. The van der Waals surface area contributed by atoms with E-state index in [1.54, 1.807) is 6.33 Å². The Hall–Kier alpha value is -2.62. The normalized spacial score (nSPS) is 12.4. The first kappa shape index (κ1) is 13.4. The Morgan fingerprint density at radius 3 is 2.57 bits per heavy atom. The number of hydrogen-bond donors (Lipinski definition) is 1. The highest BCUT2D eigenvalue weighted by Gasteiger charge is 2.17. The summed E-state index contributed by atoms with van der Waals surface area (Å²) >= 11 is 0. The fourth-order valence-electron chi connectivity index (χ4n) is 2.62. The standard InChI is InChI=1S/C17H16N2O2/c20-17(21)10-14(13-6-2-1-3-7-13)11-19-12-18-15-8-4-5-9-16(15)19/h1-9,12,14H,10-11H2,(H,20,21). The summed E-state index contributed by atoms with van der Waals surface area (Å²) in [6.45, 7) is 0.608. The number of hydrogen-bond acceptors (Lipinski definition) is 2. The summed E-state index contributed by atoms with van der Waals surface area (Å²) in [4.78, 5) is 15.5. The van der Waals surface area contributed by atoms with Crippen molar-refractivity contribution in [1.82, 2.24) is 9.55 Å². The molecule has 0 saturated heterocycles. The van der Waals surface area contributed by atoms with E-state index in [1.807, 2.05) is 59.2 Å². The van der Waals surface area contributed by atoms with Crippen molar-refractivity contribution >= 4 is 17.0 Å². The molecule has 0 aliphatic heterocycles. The molecule has 106 valence electrons. The Kier molecular flexibility index (Phi) is 3.69. The van der Waals surface area contributed by atoms with Gasteiger partial charge >= 0.3 is 5.97 Å². The lowest BCUT2D eigenvalue weighted by Crippen LogP contribution is -2.13. The van der Waals surface area contributed by atoms with Crippen LogP contribution in [0.1, 0.15) is 17.9 Å². The average Bonchev–Trinajstić information content (AvgIpc) is 2.90. The lowest BCUT2D eigenvalue weighted by molar-refractivity contribution is -0.137. The molecule has 3 rings (SSSR count). The van der Waals surface area contributed by atoms with E-state index in [9.17, 15) is 4.79 Å². The Morgan fingerprint density at radius 2 is 1.81 bits per heavy atom. The van der Waals surface area contributed by atoms with Gasteiger partial charge in [0, 0.05) is 12.5 Å². The minimum absolute atomic E-state index is 0.0682. The molecule has 0 amide bonds. The van der Waals surface area contributed by atoms with Gasteiger partial charge in [-0.2, -0.15) is 0 Å². The predicted octanol–water partition coefficient (Wildman–Crippen LogP) is 3.29. The molecule has 1 N–H and O–H groups in total. The van der Waals surface area contributed by atoms with Crippen molar-refractivity contribution in [3.05, 3.63) is 66.5 Å². The summed E-state index contributed by atoms with van der Waals surface area (Å²) in [7, 11) is 0. The fourth-order valence-corrected chi connectivity index (χ4v) is 2.62. The molecule has 21 heavy (non-hydrogen) atoms. The maximum Gasteiger partial charge on any atom is 0.304 e. The molecule has 0 aliphatic carbocycles. The van der Waals surface area contributed by atoms with E-state index in [4.69, 9.17) is 5.11 Å². The number of aliphatic carboxylic acids is 1. The summed E-state index contributed by atoms with van der Waals surface area (Å²) in [5.74, 6) is -0.852. The van der Waals surface area contributed by atoms with Gasteiger partial charge in [-0.25, -0.2) is 4.98 Å². The molecule has 0 fully saturated rings. The molecule has 3 aromatic rings. The summed E-state index contributed by atoms with van der Waals surface area (Å²) in [6, 6.07) is 17.7. The second kappa shape index (κ2) is 5.79. The predicted molar refractivity (Wildman–Crippen MR) is 81.2 cm³/mol. The van der Waals surface area contributed by atoms with Crippen molar-refractivity contribution < 1.29 is 9.90 Å². The third kappa shape index (κ3) is 2.94. The third-order valence-corrected chi connectivity index (χ3v) is 3.64. The Labute approximate surface area is 122 Å². The van der Waals surface area contributed by atoms with Crippen molar-refractivity contribution in [3.8, 4) is 0 Å². The van der Waals surface area contributed by atoms with Gasteiger partial charge in [0.15, 0.2) is 0 Å². The van der Waals surface area contributed by atoms with Gasteiger partial charge in [0.1, 0.15) is 0 Å². The van der Waals surface area contributed by atoms with Crippen molar-refractivity contribution in [3.63, 3.8) is 0 Å². The first-order chi connectivity index (χ1) is 10.2. The molecule has 0 aliphatic rings. The lowest BCUT2D eigenvalue weighted by atomic mass is 9.95. The van der Waals surface area contributed by atoms with Gasteiger partial charge < -0.3 is 9.67 Å². The number of nitrogens with zero attached hydrogens (tertiary/aromatic N) is 2. The van der Waals surface area contributed by atoms with Crippen LogP contribution >= 0.6 is 0 Å². The number of carbonyl (C=O) groups is 1. The minimum atomic E-state index is -0.784. The van der Waals surface area contributed by atoms with Crippen LogP contribution in [-0.4, -0.2) is 20.6 Å². The summed E-state index contributed by atoms with van der Waals surface area (Å²) < 4.78 is 2.02. The zero-order valence-corrected chi connectivity index (χ0v) is 11.5. The Morgan fingerprint density at radius 1 is 1.10 bits per heavy atom. The van der Waals surface area contributed by atoms with E-state index in [1.165, 1.54) is 0 Å². The number of rotatable bonds is 5. The van der Waals surface area contributed by atoms with Gasteiger partial charge in [-0.1, -0.05) is 42.5 Å². The first-order valence-electron chi connectivity index (χ1n) is 6.90. The highest BCUT2D eigenvalue weighted by atomic mass is 16.4. The number of carboxylic acids is 1. The largest absolute Gasteiger partial charge is 0.481 e. The third-order valence-electron chi connectivity index (χ3n) is 3.64. The van der Waals surface area contributed by atoms with Gasteiger partial charge in [0.2, 0.25) is 0 Å². The van der Waals surface area contributed by atoms with Crippen LogP contribution in [0.5, 0.6) is 0 Å². The minimum Gasteiger partial charge on any atom is -0.481 e. The fraction of sp³-hybridized carbons (Fsp3) is 0.176. The molecule has 1 unspecified atom stereocenters. The second-order valence-electron chi connectivity index (χ2n) is 5.09. The van der Waals surface area contributed by atoms with Crippen molar-refractivity contribution in [2.24, 2.45) is 0 Å².